The van der Waals surface area contributed by atoms with Crippen molar-refractivity contribution in [3.63, 3.8) is 0 Å². The van der Waals surface area contributed by atoms with Gasteiger partial charge in [-0.05, 0) is 24.7 Å². The van der Waals surface area contributed by atoms with Crippen molar-refractivity contribution in [1.29, 1.82) is 0 Å². The average molecular weight is 274 g/mol. The minimum atomic E-state index is 0.757. The maximum Gasteiger partial charge on any atom is 0.0890 e. The third-order valence-electron chi connectivity index (χ3n) is 3.14. The Hall–Kier alpha value is -1.56. The number of methoxy groups -OCH3 is 1. The van der Waals surface area contributed by atoms with Crippen LogP contribution in [0.15, 0.2) is 30.6 Å². The molecule has 20 heavy (non-hydrogen) atoms. The van der Waals surface area contributed by atoms with Crippen molar-refractivity contribution in [2.45, 2.75) is 6.54 Å². The first-order valence-electron chi connectivity index (χ1n) is 6.87. The van der Waals surface area contributed by atoms with E-state index in [1.54, 1.807) is 19.5 Å². The fourth-order valence-electron chi connectivity index (χ4n) is 2.07. The molecular weight excluding hydrogens is 252 g/mol. The second kappa shape index (κ2) is 7.89. The number of aromatic nitrogens is 2. The van der Waals surface area contributed by atoms with Gasteiger partial charge in [-0.25, -0.2) is 0 Å². The lowest BCUT2D eigenvalue weighted by molar-refractivity contribution is 0.197. The van der Waals surface area contributed by atoms with Crippen LogP contribution in [0.5, 0.6) is 0 Å². The van der Waals surface area contributed by atoms with E-state index in [-0.39, 0.29) is 0 Å². The molecule has 0 aliphatic heterocycles. The Kier molecular flexibility index (Phi) is 5.86. The third-order valence-corrected chi connectivity index (χ3v) is 3.14. The Labute approximate surface area is 120 Å². The Balaban J connectivity index is 1.81. The molecule has 108 valence electrons. The Morgan fingerprint density at radius 1 is 1.15 bits per heavy atom. The molecule has 0 unspecified atom stereocenters. The first-order chi connectivity index (χ1) is 9.79. The van der Waals surface area contributed by atoms with E-state index in [0.717, 1.165) is 43.8 Å². The summed E-state index contributed by atoms with van der Waals surface area (Å²) in [6, 6.07) is 6.26. The molecule has 0 saturated carbocycles. The summed E-state index contributed by atoms with van der Waals surface area (Å²) in [6.07, 6.45) is 3.45. The van der Waals surface area contributed by atoms with E-state index in [1.807, 2.05) is 6.07 Å². The van der Waals surface area contributed by atoms with Crippen LogP contribution in [-0.2, 0) is 11.3 Å². The summed E-state index contributed by atoms with van der Waals surface area (Å²) in [5.41, 5.74) is 3.16. The van der Waals surface area contributed by atoms with Gasteiger partial charge >= 0.3 is 0 Å². The summed E-state index contributed by atoms with van der Waals surface area (Å²) < 4.78 is 5.00. The van der Waals surface area contributed by atoms with E-state index in [1.165, 1.54) is 5.56 Å². The zero-order valence-electron chi connectivity index (χ0n) is 12.2. The number of hydrogen-bond acceptors (Lipinski definition) is 5. The second-order valence-electron chi connectivity index (χ2n) is 4.86. The number of rotatable bonds is 8. The molecule has 0 fully saturated rings. The zero-order valence-corrected chi connectivity index (χ0v) is 12.2. The number of hydrogen-bond donors (Lipinski definition) is 1. The highest BCUT2D eigenvalue weighted by Crippen LogP contribution is 2.12. The molecule has 0 aliphatic rings. The Morgan fingerprint density at radius 2 is 1.95 bits per heavy atom. The lowest BCUT2D eigenvalue weighted by Crippen LogP contribution is -2.30. The summed E-state index contributed by atoms with van der Waals surface area (Å²) in [4.78, 5) is 10.9. The molecule has 1 aromatic heterocycles. The summed E-state index contributed by atoms with van der Waals surface area (Å²) >= 11 is 0. The molecule has 0 radical (unpaired) electrons. The second-order valence-corrected chi connectivity index (χ2v) is 4.86. The quantitative estimate of drug-likeness (QED) is 0.735. The molecule has 0 saturated heterocycles. The van der Waals surface area contributed by atoms with E-state index < -0.39 is 0 Å². The van der Waals surface area contributed by atoms with Crippen LogP contribution >= 0.6 is 0 Å². The number of nitrogens with one attached hydrogen (secondary N) is 1. The monoisotopic (exact) mass is 274 g/mol. The predicted octanol–water partition coefficient (Wildman–Crippen LogP) is 1.30. The van der Waals surface area contributed by atoms with Gasteiger partial charge in [-0.1, -0.05) is 6.07 Å². The molecule has 5 nitrogen and oxygen atoms in total. The van der Waals surface area contributed by atoms with Crippen LogP contribution in [0.4, 0.5) is 0 Å². The Morgan fingerprint density at radius 3 is 2.75 bits per heavy atom. The van der Waals surface area contributed by atoms with Crippen molar-refractivity contribution in [3.05, 3.63) is 36.2 Å². The molecule has 0 amide bonds. The predicted molar refractivity (Wildman–Crippen MR) is 80.6 cm³/mol. The number of ether oxygens (including phenoxy) is 1. The number of benzene rings is 1. The van der Waals surface area contributed by atoms with Gasteiger partial charge in [-0.3, -0.25) is 9.97 Å². The fourth-order valence-corrected chi connectivity index (χ4v) is 2.07. The summed E-state index contributed by atoms with van der Waals surface area (Å²) in [5, 5.41) is 3.34. The van der Waals surface area contributed by atoms with Crippen LogP contribution in [0.3, 0.4) is 0 Å². The molecule has 1 heterocycles. The highest BCUT2D eigenvalue weighted by Gasteiger charge is 2.02. The topological polar surface area (TPSA) is 50.3 Å². The Bertz CT molecular complexity index is 532. The average Bonchev–Trinajstić information content (AvgIpc) is 2.47. The van der Waals surface area contributed by atoms with Gasteiger partial charge in [0, 0.05) is 45.7 Å². The molecule has 0 spiro atoms. The van der Waals surface area contributed by atoms with Crippen molar-refractivity contribution in [2.75, 3.05) is 40.4 Å². The maximum absolute atomic E-state index is 5.00. The van der Waals surface area contributed by atoms with Crippen LogP contribution in [0, 0.1) is 0 Å². The molecule has 0 atom stereocenters. The van der Waals surface area contributed by atoms with Gasteiger partial charge in [-0.15, -0.1) is 0 Å². The molecular formula is C15H22N4O. The molecule has 0 aliphatic carbocycles. The van der Waals surface area contributed by atoms with Crippen LogP contribution in [0.2, 0.25) is 0 Å². The molecule has 1 aromatic carbocycles. The van der Waals surface area contributed by atoms with Crippen molar-refractivity contribution < 1.29 is 4.74 Å². The van der Waals surface area contributed by atoms with E-state index >= 15 is 0 Å². The van der Waals surface area contributed by atoms with Gasteiger partial charge in [0.15, 0.2) is 0 Å². The first-order valence-corrected chi connectivity index (χ1v) is 6.87. The highest BCUT2D eigenvalue weighted by atomic mass is 16.5. The fraction of sp³-hybridized carbons (Fsp3) is 0.467. The first kappa shape index (κ1) is 14.8. The van der Waals surface area contributed by atoms with Gasteiger partial charge < -0.3 is 15.0 Å². The normalized spacial score (nSPS) is 11.3. The third kappa shape index (κ3) is 4.52. The highest BCUT2D eigenvalue weighted by molar-refractivity contribution is 5.74. The summed E-state index contributed by atoms with van der Waals surface area (Å²) in [6.45, 7) is 4.54. The van der Waals surface area contributed by atoms with Crippen LogP contribution in [0.25, 0.3) is 11.0 Å². The number of fused-ring (bicyclic) bond motifs is 1. The molecule has 5 heteroatoms. The molecule has 2 rings (SSSR count). The summed E-state index contributed by atoms with van der Waals surface area (Å²) in [5.74, 6) is 0. The number of nitrogens with zero attached hydrogens (tertiary/aromatic N) is 3. The largest absolute Gasteiger partial charge is 0.383 e. The minimum Gasteiger partial charge on any atom is -0.383 e. The van der Waals surface area contributed by atoms with Gasteiger partial charge in [0.1, 0.15) is 0 Å². The minimum absolute atomic E-state index is 0.757. The number of likely N-dealkylation sites (N-methyl/N-ethyl adjacent to an activating group) is 1. The van der Waals surface area contributed by atoms with Gasteiger partial charge in [0.2, 0.25) is 0 Å². The maximum atomic E-state index is 5.00. The van der Waals surface area contributed by atoms with Gasteiger partial charge in [0.25, 0.3) is 0 Å². The smallest absolute Gasteiger partial charge is 0.0890 e. The van der Waals surface area contributed by atoms with E-state index in [4.69, 9.17) is 4.74 Å². The SMILES string of the molecule is COCCNCCN(C)Cc1ccc2nccnc2c1. The van der Waals surface area contributed by atoms with Gasteiger partial charge in [-0.2, -0.15) is 0 Å². The lowest BCUT2D eigenvalue weighted by Gasteiger charge is -2.17. The van der Waals surface area contributed by atoms with Crippen molar-refractivity contribution in [2.24, 2.45) is 0 Å². The van der Waals surface area contributed by atoms with E-state index in [9.17, 15) is 0 Å². The zero-order chi connectivity index (χ0) is 14.2. The lowest BCUT2D eigenvalue weighted by atomic mass is 10.2. The van der Waals surface area contributed by atoms with Gasteiger partial charge in [0.05, 0.1) is 17.6 Å². The molecule has 1 N–H and O–H groups in total. The standard InChI is InChI=1S/C15H22N4O/c1-19(9-7-16-8-10-20-2)12-13-3-4-14-15(11-13)18-6-5-17-14/h3-6,11,16H,7-10,12H2,1-2H3. The van der Waals surface area contributed by atoms with Crippen LogP contribution in [-0.4, -0.2) is 55.3 Å². The van der Waals surface area contributed by atoms with Crippen molar-refractivity contribution >= 4 is 11.0 Å². The van der Waals surface area contributed by atoms with E-state index in [2.05, 4.69) is 39.4 Å². The summed E-state index contributed by atoms with van der Waals surface area (Å²) in [7, 11) is 3.84. The van der Waals surface area contributed by atoms with Crippen molar-refractivity contribution in [1.82, 2.24) is 20.2 Å². The van der Waals surface area contributed by atoms with E-state index in [0.29, 0.717) is 0 Å². The molecule has 2 aromatic rings. The van der Waals surface area contributed by atoms with Crippen LogP contribution in [0.1, 0.15) is 5.56 Å². The molecule has 0 bridgehead atoms. The van der Waals surface area contributed by atoms with Crippen molar-refractivity contribution in [3.8, 4) is 0 Å². The van der Waals surface area contributed by atoms with Crippen LogP contribution < -0.4 is 5.32 Å².